The summed E-state index contributed by atoms with van der Waals surface area (Å²) in [6, 6.07) is 11.9. The maximum absolute atomic E-state index is 13.2. The lowest BCUT2D eigenvalue weighted by atomic mass is 10.1. The van der Waals surface area contributed by atoms with Crippen LogP contribution in [0.4, 0.5) is 4.39 Å². The number of rotatable bonds is 10. The zero-order chi connectivity index (χ0) is 21.8. The van der Waals surface area contributed by atoms with E-state index in [4.69, 9.17) is 9.47 Å². The Labute approximate surface area is 199 Å². The van der Waals surface area contributed by atoms with E-state index in [1.807, 2.05) is 18.2 Å². The Morgan fingerprint density at radius 3 is 2.32 bits per heavy atom. The first kappa shape index (κ1) is 26.5. The molecule has 0 heterocycles. The van der Waals surface area contributed by atoms with Crippen molar-refractivity contribution in [3.8, 4) is 11.5 Å². The summed E-state index contributed by atoms with van der Waals surface area (Å²) in [5, 5.41) is 9.18. The SMILES string of the molecule is CN=C(NCCNC(=O)Cc1cccc(F)c1)NCCc1ccc(OC)c(OC)c1.I. The second kappa shape index (κ2) is 14.4. The summed E-state index contributed by atoms with van der Waals surface area (Å²) < 4.78 is 23.7. The number of carbonyl (C=O) groups excluding carboxylic acids is 1. The lowest BCUT2D eigenvalue weighted by Crippen LogP contribution is -2.42. The number of ether oxygens (including phenoxy) is 2. The van der Waals surface area contributed by atoms with Crippen LogP contribution in [-0.4, -0.2) is 52.8 Å². The van der Waals surface area contributed by atoms with Gasteiger partial charge in [-0.2, -0.15) is 0 Å². The van der Waals surface area contributed by atoms with Gasteiger partial charge in [-0.15, -0.1) is 24.0 Å². The highest BCUT2D eigenvalue weighted by Crippen LogP contribution is 2.27. The van der Waals surface area contributed by atoms with Crippen molar-refractivity contribution in [2.75, 3.05) is 40.9 Å². The van der Waals surface area contributed by atoms with E-state index in [1.54, 1.807) is 33.4 Å². The first-order chi connectivity index (χ1) is 14.5. The van der Waals surface area contributed by atoms with Crippen LogP contribution in [0, 0.1) is 5.82 Å². The third kappa shape index (κ3) is 9.41. The molecule has 170 valence electrons. The summed E-state index contributed by atoms with van der Waals surface area (Å²) in [4.78, 5) is 16.1. The normalized spacial score (nSPS) is 10.6. The van der Waals surface area contributed by atoms with Crippen molar-refractivity contribution >= 4 is 35.8 Å². The van der Waals surface area contributed by atoms with Crippen LogP contribution in [0.1, 0.15) is 11.1 Å². The van der Waals surface area contributed by atoms with E-state index in [1.165, 1.54) is 12.1 Å². The Kier molecular flexibility index (Phi) is 12.3. The van der Waals surface area contributed by atoms with Gasteiger partial charge in [0.25, 0.3) is 0 Å². The molecule has 0 aliphatic carbocycles. The minimum Gasteiger partial charge on any atom is -0.493 e. The molecule has 0 unspecified atom stereocenters. The van der Waals surface area contributed by atoms with Gasteiger partial charge in [-0.3, -0.25) is 9.79 Å². The highest BCUT2D eigenvalue weighted by atomic mass is 127. The predicted molar refractivity (Wildman–Crippen MR) is 131 cm³/mol. The van der Waals surface area contributed by atoms with E-state index < -0.39 is 0 Å². The number of halogens is 2. The molecule has 3 N–H and O–H groups in total. The second-order valence-corrected chi connectivity index (χ2v) is 6.52. The Bertz CT molecular complexity index is 864. The molecule has 0 atom stereocenters. The highest BCUT2D eigenvalue weighted by molar-refractivity contribution is 14.0. The number of nitrogens with one attached hydrogen (secondary N) is 3. The minimum atomic E-state index is -0.343. The smallest absolute Gasteiger partial charge is 0.224 e. The van der Waals surface area contributed by atoms with Crippen molar-refractivity contribution in [3.63, 3.8) is 0 Å². The van der Waals surface area contributed by atoms with Gasteiger partial charge in [-0.25, -0.2) is 4.39 Å². The molecule has 0 radical (unpaired) electrons. The molecule has 2 aromatic carbocycles. The van der Waals surface area contributed by atoms with Crippen LogP contribution >= 0.6 is 24.0 Å². The number of hydrogen-bond acceptors (Lipinski definition) is 4. The third-order valence-corrected chi connectivity index (χ3v) is 4.37. The number of methoxy groups -OCH3 is 2. The van der Waals surface area contributed by atoms with Crippen molar-refractivity contribution in [3.05, 3.63) is 59.4 Å². The predicted octanol–water partition coefficient (Wildman–Crippen LogP) is 2.53. The standard InChI is InChI=1S/C22H29FN4O3.HI/c1-24-22(26-10-9-16-7-8-19(29-2)20(14-16)30-3)27-12-11-25-21(28)15-17-5-4-6-18(23)13-17;/h4-8,13-14H,9-12,15H2,1-3H3,(H,25,28)(H2,24,26,27);1H. The van der Waals surface area contributed by atoms with Gasteiger partial charge in [0.05, 0.1) is 20.6 Å². The average Bonchev–Trinajstić information content (AvgIpc) is 2.75. The molecule has 1 amide bonds. The summed E-state index contributed by atoms with van der Waals surface area (Å²) >= 11 is 0. The number of carbonyl (C=O) groups is 1. The fourth-order valence-electron chi connectivity index (χ4n) is 2.86. The molecule has 2 aromatic rings. The number of amides is 1. The molecule has 0 spiro atoms. The molecule has 0 bridgehead atoms. The number of hydrogen-bond donors (Lipinski definition) is 3. The molecular formula is C22H30FIN4O3. The summed E-state index contributed by atoms with van der Waals surface area (Å²) in [6.07, 6.45) is 0.932. The van der Waals surface area contributed by atoms with Gasteiger partial charge in [0.1, 0.15) is 5.82 Å². The lowest BCUT2D eigenvalue weighted by Gasteiger charge is -2.13. The molecule has 0 aliphatic heterocycles. The van der Waals surface area contributed by atoms with E-state index in [-0.39, 0.29) is 42.1 Å². The van der Waals surface area contributed by atoms with E-state index in [0.29, 0.717) is 42.7 Å². The topological polar surface area (TPSA) is 84.0 Å². The number of nitrogens with zero attached hydrogens (tertiary/aromatic N) is 1. The molecule has 0 aliphatic rings. The van der Waals surface area contributed by atoms with Crippen LogP contribution in [0.2, 0.25) is 0 Å². The monoisotopic (exact) mass is 544 g/mol. The maximum Gasteiger partial charge on any atom is 0.224 e. The molecule has 0 saturated carbocycles. The van der Waals surface area contributed by atoms with Gasteiger partial charge in [-0.05, 0) is 41.8 Å². The van der Waals surface area contributed by atoms with Crippen LogP contribution in [-0.2, 0) is 17.6 Å². The quantitative estimate of drug-likeness (QED) is 0.185. The van der Waals surface area contributed by atoms with Crippen molar-refractivity contribution < 1.29 is 18.7 Å². The van der Waals surface area contributed by atoms with Crippen molar-refractivity contribution in [2.24, 2.45) is 4.99 Å². The molecular weight excluding hydrogens is 514 g/mol. The lowest BCUT2D eigenvalue weighted by molar-refractivity contribution is -0.120. The Morgan fingerprint density at radius 2 is 1.65 bits per heavy atom. The highest BCUT2D eigenvalue weighted by Gasteiger charge is 2.06. The molecule has 9 heteroatoms. The van der Waals surface area contributed by atoms with E-state index in [9.17, 15) is 9.18 Å². The van der Waals surface area contributed by atoms with E-state index >= 15 is 0 Å². The van der Waals surface area contributed by atoms with Crippen LogP contribution in [0.5, 0.6) is 11.5 Å². The number of aliphatic imine (C=N–C) groups is 1. The molecule has 7 nitrogen and oxygen atoms in total. The van der Waals surface area contributed by atoms with Gasteiger partial charge in [-0.1, -0.05) is 18.2 Å². The molecule has 0 saturated heterocycles. The second-order valence-electron chi connectivity index (χ2n) is 6.52. The van der Waals surface area contributed by atoms with Gasteiger partial charge < -0.3 is 25.4 Å². The van der Waals surface area contributed by atoms with Crippen molar-refractivity contribution in [1.82, 2.24) is 16.0 Å². The molecule has 2 rings (SSSR count). The zero-order valence-corrected chi connectivity index (χ0v) is 20.4. The largest absolute Gasteiger partial charge is 0.493 e. The zero-order valence-electron chi connectivity index (χ0n) is 18.0. The average molecular weight is 544 g/mol. The third-order valence-electron chi connectivity index (χ3n) is 4.37. The van der Waals surface area contributed by atoms with Crippen molar-refractivity contribution in [1.29, 1.82) is 0 Å². The Morgan fingerprint density at radius 1 is 0.935 bits per heavy atom. The number of guanidine groups is 1. The van der Waals surface area contributed by atoms with Crippen molar-refractivity contribution in [2.45, 2.75) is 12.8 Å². The summed E-state index contributed by atoms with van der Waals surface area (Å²) in [5.41, 5.74) is 1.76. The molecule has 0 fully saturated rings. The first-order valence-electron chi connectivity index (χ1n) is 9.72. The first-order valence-corrected chi connectivity index (χ1v) is 9.72. The van der Waals surface area contributed by atoms with Crippen LogP contribution < -0.4 is 25.4 Å². The van der Waals surface area contributed by atoms with Gasteiger partial charge in [0.15, 0.2) is 17.5 Å². The maximum atomic E-state index is 13.2. The number of benzene rings is 2. The minimum absolute atomic E-state index is 0. The van der Waals surface area contributed by atoms with E-state index in [2.05, 4.69) is 20.9 Å². The Hall–Kier alpha value is -2.56. The Balaban J connectivity index is 0.00000480. The van der Waals surface area contributed by atoms with E-state index in [0.717, 1.165) is 12.0 Å². The molecule has 0 aromatic heterocycles. The van der Waals surface area contributed by atoms with Gasteiger partial charge in [0, 0.05) is 26.7 Å². The van der Waals surface area contributed by atoms with Gasteiger partial charge >= 0.3 is 0 Å². The molecule has 31 heavy (non-hydrogen) atoms. The van der Waals surface area contributed by atoms with Crippen LogP contribution in [0.25, 0.3) is 0 Å². The fourth-order valence-corrected chi connectivity index (χ4v) is 2.86. The summed E-state index contributed by atoms with van der Waals surface area (Å²) in [6.45, 7) is 1.64. The fraction of sp³-hybridized carbons (Fsp3) is 0.364. The van der Waals surface area contributed by atoms with Gasteiger partial charge in [0.2, 0.25) is 5.91 Å². The van der Waals surface area contributed by atoms with Crippen LogP contribution in [0.15, 0.2) is 47.5 Å². The van der Waals surface area contributed by atoms with Crippen LogP contribution in [0.3, 0.4) is 0 Å². The summed E-state index contributed by atoms with van der Waals surface area (Å²) in [5.74, 6) is 1.55. The summed E-state index contributed by atoms with van der Waals surface area (Å²) in [7, 11) is 4.91.